The Kier molecular flexibility index (Phi) is 2.29. The van der Waals surface area contributed by atoms with Gasteiger partial charge in [0.1, 0.15) is 0 Å². The highest BCUT2D eigenvalue weighted by atomic mass is 19.3. The fraction of sp³-hybridized carbons (Fsp3) is 0.667. The normalized spacial score (nSPS) is 11.0. The summed E-state index contributed by atoms with van der Waals surface area (Å²) in [6, 6.07) is -5.59. The van der Waals surface area contributed by atoms with E-state index in [1.807, 2.05) is 0 Å². The molecule has 0 spiro atoms. The minimum Gasteiger partial charge on any atom is -0.275 e. The Balaban J connectivity index is 3.71. The van der Waals surface area contributed by atoms with E-state index in [4.69, 9.17) is 5.73 Å². The van der Waals surface area contributed by atoms with E-state index in [0.717, 1.165) is 5.32 Å². The smallest absolute Gasteiger partial charge is 0.275 e. The van der Waals surface area contributed by atoms with Gasteiger partial charge in [-0.05, 0) is 0 Å². The van der Waals surface area contributed by atoms with Crippen LogP contribution in [0.2, 0.25) is 0 Å². The summed E-state index contributed by atoms with van der Waals surface area (Å²) in [5.74, 6) is 0. The van der Waals surface area contributed by atoms with Gasteiger partial charge in [-0.1, -0.05) is 0 Å². The molecule has 2 N–H and O–H groups in total. The molecule has 0 saturated carbocycles. The summed E-state index contributed by atoms with van der Waals surface area (Å²) < 4.78 is 34.2. The SMILES string of the molecule is [NH]C(=O)NC(F)(F)CF. The zero-order chi connectivity index (χ0) is 7.49. The van der Waals surface area contributed by atoms with Crippen molar-refractivity contribution in [2.45, 2.75) is 6.05 Å². The molecule has 0 aliphatic rings. The molecule has 0 saturated heterocycles. The first-order chi connectivity index (χ1) is 3.98. The van der Waals surface area contributed by atoms with E-state index in [2.05, 4.69) is 0 Å². The monoisotopic (exact) mass is 141 g/mol. The van der Waals surface area contributed by atoms with E-state index in [9.17, 15) is 18.0 Å². The van der Waals surface area contributed by atoms with Crippen LogP contribution in [0.3, 0.4) is 0 Å². The van der Waals surface area contributed by atoms with Gasteiger partial charge in [0, 0.05) is 0 Å². The number of carbonyl (C=O) groups excluding carboxylic acids is 1. The largest absolute Gasteiger partial charge is 0.354 e. The van der Waals surface area contributed by atoms with Crippen molar-refractivity contribution in [2.24, 2.45) is 0 Å². The van der Waals surface area contributed by atoms with Crippen LogP contribution in [0.5, 0.6) is 0 Å². The third-order valence-corrected chi connectivity index (χ3v) is 0.464. The molecule has 53 valence electrons. The molecule has 1 radical (unpaired) electrons. The number of halogens is 3. The van der Waals surface area contributed by atoms with Crippen LogP contribution in [0.1, 0.15) is 0 Å². The highest BCUT2D eigenvalue weighted by molar-refractivity contribution is 5.71. The summed E-state index contributed by atoms with van der Waals surface area (Å²) in [6.45, 7) is -1.99. The first-order valence-electron chi connectivity index (χ1n) is 1.95. The summed E-state index contributed by atoms with van der Waals surface area (Å²) in [7, 11) is 0. The maximum atomic E-state index is 11.6. The molecular formula is C3H4F3N2O. The molecule has 0 bridgehead atoms. The number of carbonyl (C=O) groups is 1. The lowest BCUT2D eigenvalue weighted by molar-refractivity contribution is -0.0421. The van der Waals surface area contributed by atoms with Crippen molar-refractivity contribution in [1.29, 1.82) is 0 Å². The van der Waals surface area contributed by atoms with Crippen molar-refractivity contribution in [3.8, 4) is 0 Å². The molecule has 6 heteroatoms. The number of amides is 2. The van der Waals surface area contributed by atoms with E-state index in [-0.39, 0.29) is 0 Å². The highest BCUT2D eigenvalue weighted by Crippen LogP contribution is 2.07. The predicted molar refractivity (Wildman–Crippen MR) is 22.6 cm³/mol. The predicted octanol–water partition coefficient (Wildman–Crippen LogP) is 0.541. The summed E-state index contributed by atoms with van der Waals surface area (Å²) in [5, 5.41) is 0.788. The first-order valence-corrected chi connectivity index (χ1v) is 1.95. The van der Waals surface area contributed by atoms with E-state index in [1.54, 1.807) is 0 Å². The molecule has 0 rings (SSSR count). The second kappa shape index (κ2) is 2.56. The molecule has 2 amide bonds. The first kappa shape index (κ1) is 8.06. The van der Waals surface area contributed by atoms with E-state index in [1.165, 1.54) is 0 Å². The maximum absolute atomic E-state index is 11.6. The molecular weight excluding hydrogens is 137 g/mol. The third kappa shape index (κ3) is 3.63. The molecule has 0 unspecified atom stereocenters. The summed E-state index contributed by atoms with van der Waals surface area (Å²) >= 11 is 0. The van der Waals surface area contributed by atoms with Gasteiger partial charge >= 0.3 is 12.1 Å². The lowest BCUT2D eigenvalue weighted by atomic mass is 10.6. The Morgan fingerprint density at radius 2 is 2.11 bits per heavy atom. The zero-order valence-corrected chi connectivity index (χ0v) is 4.25. The van der Waals surface area contributed by atoms with Gasteiger partial charge in [-0.25, -0.2) is 14.9 Å². The minimum absolute atomic E-state index is 0.788. The van der Waals surface area contributed by atoms with Crippen LogP contribution in [-0.4, -0.2) is 18.8 Å². The van der Waals surface area contributed by atoms with Gasteiger partial charge in [0.05, 0.1) is 0 Å². The van der Waals surface area contributed by atoms with Gasteiger partial charge in [0.2, 0.25) is 0 Å². The van der Waals surface area contributed by atoms with Crippen molar-refractivity contribution in [1.82, 2.24) is 11.1 Å². The van der Waals surface area contributed by atoms with Gasteiger partial charge in [-0.2, -0.15) is 8.78 Å². The lowest BCUT2D eigenvalue weighted by Gasteiger charge is -2.10. The lowest BCUT2D eigenvalue weighted by Crippen LogP contribution is -2.42. The molecule has 0 aromatic carbocycles. The fourth-order valence-electron chi connectivity index (χ4n) is 0.200. The number of hydrogen-bond donors (Lipinski definition) is 1. The summed E-state index contributed by atoms with van der Waals surface area (Å²) in [6.07, 6.45) is 0. The standard InChI is InChI=1S/C3H4F3N2O/c4-1-3(5,6)8-2(7)9/h7H,1H2,(H,8,9). The van der Waals surface area contributed by atoms with Crippen molar-refractivity contribution in [3.63, 3.8) is 0 Å². The molecule has 0 fully saturated rings. The molecule has 3 nitrogen and oxygen atoms in total. The molecule has 0 aliphatic carbocycles. The topological polar surface area (TPSA) is 52.9 Å². The van der Waals surface area contributed by atoms with Crippen LogP contribution in [0.25, 0.3) is 0 Å². The second-order valence-corrected chi connectivity index (χ2v) is 1.29. The van der Waals surface area contributed by atoms with E-state index in [0.29, 0.717) is 0 Å². The average molecular weight is 141 g/mol. The molecule has 0 heterocycles. The Bertz CT molecular complexity index is 116. The van der Waals surface area contributed by atoms with Crippen LogP contribution >= 0.6 is 0 Å². The van der Waals surface area contributed by atoms with E-state index < -0.39 is 18.8 Å². The maximum Gasteiger partial charge on any atom is 0.354 e. The number of rotatable bonds is 2. The van der Waals surface area contributed by atoms with Gasteiger partial charge in [-0.3, -0.25) is 5.32 Å². The van der Waals surface area contributed by atoms with Gasteiger partial charge < -0.3 is 0 Å². The molecule has 0 aliphatic heterocycles. The van der Waals surface area contributed by atoms with Gasteiger partial charge in [-0.15, -0.1) is 0 Å². The minimum atomic E-state index is -3.89. The zero-order valence-electron chi connectivity index (χ0n) is 4.25. The molecule has 0 aromatic rings. The molecule has 0 aromatic heterocycles. The average Bonchev–Trinajstić information content (AvgIpc) is 1.63. The van der Waals surface area contributed by atoms with Crippen LogP contribution < -0.4 is 11.1 Å². The number of urea groups is 1. The Morgan fingerprint density at radius 3 is 2.22 bits per heavy atom. The van der Waals surface area contributed by atoms with Crippen LogP contribution in [0.4, 0.5) is 18.0 Å². The highest BCUT2D eigenvalue weighted by Gasteiger charge is 2.29. The van der Waals surface area contributed by atoms with Gasteiger partial charge in [0.15, 0.2) is 6.67 Å². The molecule has 0 atom stereocenters. The molecule has 9 heavy (non-hydrogen) atoms. The summed E-state index contributed by atoms with van der Waals surface area (Å²) in [4.78, 5) is 9.53. The fourth-order valence-corrected chi connectivity index (χ4v) is 0.200. The number of nitrogens with one attached hydrogen (secondary N) is 2. The van der Waals surface area contributed by atoms with Crippen molar-refractivity contribution >= 4 is 6.03 Å². The van der Waals surface area contributed by atoms with Crippen LogP contribution in [0.15, 0.2) is 0 Å². The van der Waals surface area contributed by atoms with Crippen molar-refractivity contribution < 1.29 is 18.0 Å². The Hall–Kier alpha value is -0.940. The number of hydrogen-bond acceptors (Lipinski definition) is 1. The van der Waals surface area contributed by atoms with Crippen LogP contribution in [-0.2, 0) is 0 Å². The van der Waals surface area contributed by atoms with Gasteiger partial charge in [0.25, 0.3) is 0 Å². The van der Waals surface area contributed by atoms with Crippen molar-refractivity contribution in [3.05, 3.63) is 0 Å². The van der Waals surface area contributed by atoms with E-state index >= 15 is 0 Å². The third-order valence-electron chi connectivity index (χ3n) is 0.464. The number of alkyl halides is 3. The Morgan fingerprint density at radius 1 is 1.67 bits per heavy atom. The quantitative estimate of drug-likeness (QED) is 0.560. The second-order valence-electron chi connectivity index (χ2n) is 1.29. The summed E-state index contributed by atoms with van der Waals surface area (Å²) in [5.41, 5.74) is 5.94. The Labute approximate surface area is 49.0 Å². The van der Waals surface area contributed by atoms with Crippen molar-refractivity contribution in [2.75, 3.05) is 6.67 Å². The van der Waals surface area contributed by atoms with Crippen LogP contribution in [0, 0.1) is 0 Å².